The van der Waals surface area contributed by atoms with Crippen LogP contribution in [0.2, 0.25) is 5.02 Å². The van der Waals surface area contributed by atoms with Crippen molar-refractivity contribution in [2.45, 2.75) is 11.8 Å². The van der Waals surface area contributed by atoms with Crippen LogP contribution in [0.15, 0.2) is 71.6 Å². The average molecular weight is 499 g/mol. The zero-order valence-electron chi connectivity index (χ0n) is 18.6. The van der Waals surface area contributed by atoms with Gasteiger partial charge in [0.05, 0.1) is 24.1 Å². The SMILES string of the molecule is COc1ccc(Cl)cc1NC(=O)COC(=O)c1ccccc1SCC(=O)Nc1ccc(C)cc1. The number of amides is 2. The maximum atomic E-state index is 12.6. The van der Waals surface area contributed by atoms with Crippen molar-refractivity contribution in [2.24, 2.45) is 0 Å². The molecule has 0 bridgehead atoms. The van der Waals surface area contributed by atoms with Crippen molar-refractivity contribution in [3.63, 3.8) is 0 Å². The predicted octanol–water partition coefficient (Wildman–Crippen LogP) is 5.18. The van der Waals surface area contributed by atoms with Gasteiger partial charge in [-0.05, 0) is 49.4 Å². The fourth-order valence-corrected chi connectivity index (χ4v) is 3.92. The summed E-state index contributed by atoms with van der Waals surface area (Å²) in [5.74, 6) is -0.888. The number of ether oxygens (including phenoxy) is 2. The molecular formula is C25H23ClN2O5S. The second-order valence-electron chi connectivity index (χ2n) is 7.17. The minimum atomic E-state index is -0.671. The van der Waals surface area contributed by atoms with Gasteiger partial charge in [-0.25, -0.2) is 4.79 Å². The summed E-state index contributed by atoms with van der Waals surface area (Å²) in [6, 6.07) is 19.0. The summed E-state index contributed by atoms with van der Waals surface area (Å²) >= 11 is 7.17. The van der Waals surface area contributed by atoms with Crippen molar-refractivity contribution in [3.8, 4) is 5.75 Å². The zero-order valence-corrected chi connectivity index (χ0v) is 20.2. The molecule has 0 aliphatic heterocycles. The lowest BCUT2D eigenvalue weighted by molar-refractivity contribution is -0.119. The van der Waals surface area contributed by atoms with Crippen LogP contribution >= 0.6 is 23.4 Å². The third-order valence-electron chi connectivity index (χ3n) is 4.57. The average Bonchev–Trinajstić information content (AvgIpc) is 2.83. The van der Waals surface area contributed by atoms with E-state index >= 15 is 0 Å². The van der Waals surface area contributed by atoms with Gasteiger partial charge in [0.15, 0.2) is 6.61 Å². The van der Waals surface area contributed by atoms with Gasteiger partial charge in [-0.1, -0.05) is 41.4 Å². The number of nitrogens with one attached hydrogen (secondary N) is 2. The van der Waals surface area contributed by atoms with E-state index in [1.807, 2.05) is 31.2 Å². The first-order valence-electron chi connectivity index (χ1n) is 10.2. The van der Waals surface area contributed by atoms with E-state index < -0.39 is 18.5 Å². The first kappa shape index (κ1) is 25.1. The maximum Gasteiger partial charge on any atom is 0.339 e. The number of anilines is 2. The number of hydrogen-bond acceptors (Lipinski definition) is 6. The van der Waals surface area contributed by atoms with Gasteiger partial charge in [0, 0.05) is 15.6 Å². The van der Waals surface area contributed by atoms with Crippen LogP contribution in [-0.4, -0.2) is 37.3 Å². The molecule has 0 aliphatic carbocycles. The molecule has 176 valence electrons. The molecule has 3 aromatic rings. The molecule has 2 N–H and O–H groups in total. The second-order valence-corrected chi connectivity index (χ2v) is 8.62. The molecule has 0 saturated carbocycles. The van der Waals surface area contributed by atoms with Gasteiger partial charge >= 0.3 is 5.97 Å². The summed E-state index contributed by atoms with van der Waals surface area (Å²) < 4.78 is 10.4. The van der Waals surface area contributed by atoms with Gasteiger partial charge in [-0.15, -0.1) is 11.8 Å². The normalized spacial score (nSPS) is 10.3. The first-order chi connectivity index (χ1) is 16.4. The van der Waals surface area contributed by atoms with Crippen LogP contribution < -0.4 is 15.4 Å². The van der Waals surface area contributed by atoms with Crippen LogP contribution in [0.5, 0.6) is 5.75 Å². The van der Waals surface area contributed by atoms with E-state index in [1.165, 1.54) is 24.9 Å². The van der Waals surface area contributed by atoms with Gasteiger partial charge in [0.1, 0.15) is 5.75 Å². The summed E-state index contributed by atoms with van der Waals surface area (Å²) in [6.07, 6.45) is 0. The molecule has 9 heteroatoms. The number of aryl methyl sites for hydroxylation is 1. The molecule has 7 nitrogen and oxygen atoms in total. The minimum absolute atomic E-state index is 0.104. The van der Waals surface area contributed by atoms with Gasteiger partial charge in [0.2, 0.25) is 5.91 Å². The lowest BCUT2D eigenvalue weighted by Gasteiger charge is -2.12. The molecule has 2 amide bonds. The summed E-state index contributed by atoms with van der Waals surface area (Å²) in [5, 5.41) is 5.84. The number of hydrogen-bond donors (Lipinski definition) is 2. The van der Waals surface area contributed by atoms with Crippen LogP contribution in [0.4, 0.5) is 11.4 Å². The molecule has 0 atom stereocenters. The van der Waals surface area contributed by atoms with E-state index in [0.717, 1.165) is 5.56 Å². The molecule has 0 aliphatic rings. The Morgan fingerprint density at radius 3 is 2.41 bits per heavy atom. The van der Waals surface area contributed by atoms with Crippen molar-refractivity contribution in [2.75, 3.05) is 30.1 Å². The molecule has 0 spiro atoms. The maximum absolute atomic E-state index is 12.6. The topological polar surface area (TPSA) is 93.7 Å². The van der Waals surface area contributed by atoms with Gasteiger partial charge in [-0.3, -0.25) is 9.59 Å². The molecule has 0 radical (unpaired) electrons. The quantitative estimate of drug-likeness (QED) is 0.312. The highest BCUT2D eigenvalue weighted by Crippen LogP contribution is 2.28. The smallest absolute Gasteiger partial charge is 0.339 e. The summed E-state index contributed by atoms with van der Waals surface area (Å²) in [7, 11) is 1.47. The highest BCUT2D eigenvalue weighted by molar-refractivity contribution is 8.00. The Morgan fingerprint density at radius 2 is 1.68 bits per heavy atom. The standard InChI is InChI=1S/C25H23ClN2O5S/c1-16-7-10-18(11-8-16)27-24(30)15-34-22-6-4-3-5-19(22)25(31)33-14-23(29)28-20-13-17(26)9-12-21(20)32-2/h3-13H,14-15H2,1-2H3,(H,27,30)(H,28,29). The molecule has 0 fully saturated rings. The molecule has 3 rings (SSSR count). The Hall–Kier alpha value is -3.49. The second kappa shape index (κ2) is 12.1. The third-order valence-corrected chi connectivity index (χ3v) is 5.88. The van der Waals surface area contributed by atoms with Crippen LogP contribution in [0, 0.1) is 6.92 Å². The lowest BCUT2D eigenvalue weighted by Crippen LogP contribution is -2.21. The fraction of sp³-hybridized carbons (Fsp3) is 0.160. The third kappa shape index (κ3) is 7.26. The Labute approximate surface area is 206 Å². The first-order valence-corrected chi connectivity index (χ1v) is 11.6. The number of carbonyl (C=O) groups excluding carboxylic acids is 3. The monoisotopic (exact) mass is 498 g/mol. The van der Waals surface area contributed by atoms with E-state index in [4.69, 9.17) is 21.1 Å². The molecule has 34 heavy (non-hydrogen) atoms. The van der Waals surface area contributed by atoms with Crippen molar-refractivity contribution < 1.29 is 23.9 Å². The van der Waals surface area contributed by atoms with Crippen LogP contribution in [0.1, 0.15) is 15.9 Å². The molecule has 0 aromatic heterocycles. The van der Waals surface area contributed by atoms with Crippen LogP contribution in [0.3, 0.4) is 0 Å². The molecule has 0 unspecified atom stereocenters. The Balaban J connectivity index is 1.55. The van der Waals surface area contributed by atoms with Crippen LogP contribution in [-0.2, 0) is 14.3 Å². The zero-order chi connectivity index (χ0) is 24.5. The number of thioether (sulfide) groups is 1. The number of benzene rings is 3. The van der Waals surface area contributed by atoms with Crippen molar-refractivity contribution in [3.05, 3.63) is 82.9 Å². The lowest BCUT2D eigenvalue weighted by atomic mass is 10.2. The Morgan fingerprint density at radius 1 is 0.941 bits per heavy atom. The Bertz CT molecular complexity index is 1180. The molecule has 3 aromatic carbocycles. The summed E-state index contributed by atoms with van der Waals surface area (Å²) in [5.41, 5.74) is 2.43. The highest BCUT2D eigenvalue weighted by Gasteiger charge is 2.16. The largest absolute Gasteiger partial charge is 0.495 e. The van der Waals surface area contributed by atoms with Crippen LogP contribution in [0.25, 0.3) is 0 Å². The number of rotatable bonds is 9. The van der Waals surface area contributed by atoms with E-state index in [0.29, 0.717) is 27.0 Å². The molecule has 0 heterocycles. The van der Waals surface area contributed by atoms with E-state index in [-0.39, 0.29) is 17.2 Å². The van der Waals surface area contributed by atoms with Crippen molar-refractivity contribution >= 4 is 52.5 Å². The fourth-order valence-electron chi connectivity index (χ4n) is 2.91. The van der Waals surface area contributed by atoms with E-state index in [1.54, 1.807) is 36.4 Å². The Kier molecular flexibility index (Phi) is 8.95. The minimum Gasteiger partial charge on any atom is -0.495 e. The van der Waals surface area contributed by atoms with Crippen molar-refractivity contribution in [1.82, 2.24) is 0 Å². The predicted molar refractivity (Wildman–Crippen MR) is 134 cm³/mol. The number of halogens is 1. The van der Waals surface area contributed by atoms with Gasteiger partial charge in [0.25, 0.3) is 5.91 Å². The van der Waals surface area contributed by atoms with Gasteiger partial charge < -0.3 is 20.1 Å². The number of esters is 1. The highest BCUT2D eigenvalue weighted by atomic mass is 35.5. The summed E-state index contributed by atoms with van der Waals surface area (Å²) in [6.45, 7) is 1.47. The van der Waals surface area contributed by atoms with E-state index in [9.17, 15) is 14.4 Å². The number of methoxy groups -OCH3 is 1. The molecule has 0 saturated heterocycles. The van der Waals surface area contributed by atoms with E-state index in [2.05, 4.69) is 10.6 Å². The van der Waals surface area contributed by atoms with Crippen molar-refractivity contribution in [1.29, 1.82) is 0 Å². The number of carbonyl (C=O) groups is 3. The summed E-state index contributed by atoms with van der Waals surface area (Å²) in [4.78, 5) is 37.8. The molecular weight excluding hydrogens is 476 g/mol. The van der Waals surface area contributed by atoms with Gasteiger partial charge in [-0.2, -0.15) is 0 Å².